The topological polar surface area (TPSA) is 69.6 Å². The lowest BCUT2D eigenvalue weighted by molar-refractivity contribution is -0.122. The minimum atomic E-state index is -0.1000. The zero-order chi connectivity index (χ0) is 14.5. The number of hydrogen-bond acceptors (Lipinski definition) is 3. The van der Waals surface area contributed by atoms with Crippen molar-refractivity contribution in [1.29, 1.82) is 0 Å². The molecule has 3 N–H and O–H groups in total. The van der Waals surface area contributed by atoms with E-state index in [4.69, 9.17) is 5.11 Å². The molecule has 0 aliphatic rings. The van der Waals surface area contributed by atoms with Crippen LogP contribution in [-0.2, 0) is 11.2 Å². The van der Waals surface area contributed by atoms with Gasteiger partial charge in [0.25, 0.3) is 0 Å². The molecule has 0 bridgehead atoms. The molecular weight excluding hydrogens is 242 g/mol. The molecule has 0 saturated heterocycles. The molecule has 0 aliphatic carbocycles. The number of phenols is 1. The quantitative estimate of drug-likeness (QED) is 0.761. The van der Waals surface area contributed by atoms with Crippen molar-refractivity contribution >= 4 is 5.91 Å². The first-order chi connectivity index (χ1) is 8.82. The van der Waals surface area contributed by atoms with E-state index in [1.807, 2.05) is 20.8 Å². The van der Waals surface area contributed by atoms with Gasteiger partial charge in [-0.05, 0) is 29.5 Å². The van der Waals surface area contributed by atoms with Gasteiger partial charge in [0.05, 0.1) is 6.42 Å². The molecule has 0 radical (unpaired) electrons. The van der Waals surface area contributed by atoms with Gasteiger partial charge in [0.15, 0.2) is 0 Å². The predicted octanol–water partition coefficient (Wildman–Crippen LogP) is 1.85. The Labute approximate surface area is 114 Å². The molecule has 0 spiro atoms. The number of aliphatic hydroxyl groups excluding tert-OH is 1. The van der Waals surface area contributed by atoms with Crippen LogP contribution in [0.1, 0.15) is 32.8 Å². The maximum atomic E-state index is 12.0. The average molecular weight is 265 g/mol. The van der Waals surface area contributed by atoms with Gasteiger partial charge < -0.3 is 15.5 Å². The Hall–Kier alpha value is -1.55. The van der Waals surface area contributed by atoms with Crippen molar-refractivity contribution < 1.29 is 15.0 Å². The number of carbonyl (C=O) groups is 1. The Morgan fingerprint density at radius 2 is 2.05 bits per heavy atom. The van der Waals surface area contributed by atoms with Crippen LogP contribution in [0.4, 0.5) is 0 Å². The molecule has 1 unspecified atom stereocenters. The van der Waals surface area contributed by atoms with Crippen LogP contribution in [0.15, 0.2) is 24.3 Å². The third-order valence-electron chi connectivity index (χ3n) is 3.07. The molecule has 1 aromatic carbocycles. The third-order valence-corrected chi connectivity index (χ3v) is 3.07. The second-order valence-electron chi connectivity index (χ2n) is 5.85. The fourth-order valence-corrected chi connectivity index (χ4v) is 1.95. The second-order valence-corrected chi connectivity index (χ2v) is 5.85. The molecule has 4 heteroatoms. The lowest BCUT2D eigenvalue weighted by Crippen LogP contribution is -2.44. The number of hydrogen-bond donors (Lipinski definition) is 3. The molecule has 0 saturated carbocycles. The van der Waals surface area contributed by atoms with Crippen LogP contribution in [0.5, 0.6) is 5.75 Å². The number of carbonyl (C=O) groups excluding carboxylic acids is 1. The summed E-state index contributed by atoms with van der Waals surface area (Å²) in [5.74, 6) is 0.0620. The van der Waals surface area contributed by atoms with Gasteiger partial charge in [0.2, 0.25) is 5.91 Å². The van der Waals surface area contributed by atoms with E-state index in [0.29, 0.717) is 6.42 Å². The number of nitrogens with one attached hydrogen (secondary N) is 1. The van der Waals surface area contributed by atoms with Crippen molar-refractivity contribution in [3.05, 3.63) is 29.8 Å². The molecule has 19 heavy (non-hydrogen) atoms. The van der Waals surface area contributed by atoms with Gasteiger partial charge in [-0.25, -0.2) is 0 Å². The Bertz CT molecular complexity index is 424. The first-order valence-electron chi connectivity index (χ1n) is 6.51. The highest BCUT2D eigenvalue weighted by Gasteiger charge is 2.25. The minimum Gasteiger partial charge on any atom is -0.508 e. The van der Waals surface area contributed by atoms with Gasteiger partial charge >= 0.3 is 0 Å². The number of phenolic OH excluding ortho intramolecular Hbond substituents is 1. The van der Waals surface area contributed by atoms with Crippen LogP contribution >= 0.6 is 0 Å². The van der Waals surface area contributed by atoms with Crippen molar-refractivity contribution in [1.82, 2.24) is 5.32 Å². The zero-order valence-electron chi connectivity index (χ0n) is 11.8. The van der Waals surface area contributed by atoms with Gasteiger partial charge in [-0.2, -0.15) is 0 Å². The van der Waals surface area contributed by atoms with Gasteiger partial charge in [-0.15, -0.1) is 0 Å². The van der Waals surface area contributed by atoms with Crippen LogP contribution in [0, 0.1) is 5.41 Å². The molecule has 0 aliphatic heterocycles. The molecule has 1 amide bonds. The Kier molecular flexibility index (Phi) is 5.36. The van der Waals surface area contributed by atoms with Crippen molar-refractivity contribution in [2.45, 2.75) is 39.7 Å². The number of aromatic hydroxyl groups is 1. The van der Waals surface area contributed by atoms with Gasteiger partial charge in [-0.1, -0.05) is 32.9 Å². The summed E-state index contributed by atoms with van der Waals surface area (Å²) in [7, 11) is 0. The molecule has 0 heterocycles. The molecule has 1 aromatic rings. The van der Waals surface area contributed by atoms with E-state index in [0.717, 1.165) is 5.56 Å². The molecular formula is C15H23NO3. The average Bonchev–Trinajstić information content (AvgIpc) is 2.27. The van der Waals surface area contributed by atoms with E-state index >= 15 is 0 Å². The molecule has 106 valence electrons. The molecule has 4 nitrogen and oxygen atoms in total. The lowest BCUT2D eigenvalue weighted by Gasteiger charge is -2.31. The van der Waals surface area contributed by atoms with Crippen molar-refractivity contribution in [3.8, 4) is 5.75 Å². The minimum absolute atomic E-state index is 0.0499. The van der Waals surface area contributed by atoms with Crippen molar-refractivity contribution in [2.75, 3.05) is 6.61 Å². The van der Waals surface area contributed by atoms with Crippen molar-refractivity contribution in [2.24, 2.45) is 5.41 Å². The summed E-state index contributed by atoms with van der Waals surface area (Å²) in [6, 6.07) is 6.61. The summed E-state index contributed by atoms with van der Waals surface area (Å²) in [6.07, 6.45) is 0.766. The number of benzene rings is 1. The van der Waals surface area contributed by atoms with Gasteiger partial charge in [0, 0.05) is 12.6 Å². The zero-order valence-corrected chi connectivity index (χ0v) is 11.8. The Balaban J connectivity index is 2.63. The van der Waals surface area contributed by atoms with E-state index in [2.05, 4.69) is 5.32 Å². The Morgan fingerprint density at radius 1 is 1.37 bits per heavy atom. The van der Waals surface area contributed by atoms with E-state index in [-0.39, 0.29) is 36.1 Å². The monoisotopic (exact) mass is 265 g/mol. The van der Waals surface area contributed by atoms with Gasteiger partial charge in [-0.3, -0.25) is 4.79 Å². The SMILES string of the molecule is CC(C)(C)C(CCO)NC(=O)Cc1cccc(O)c1. The third kappa shape index (κ3) is 5.30. The van der Waals surface area contributed by atoms with Crippen LogP contribution < -0.4 is 5.32 Å². The summed E-state index contributed by atoms with van der Waals surface area (Å²) >= 11 is 0. The molecule has 1 atom stereocenters. The van der Waals surface area contributed by atoms with Gasteiger partial charge in [0.1, 0.15) is 5.75 Å². The Morgan fingerprint density at radius 3 is 2.58 bits per heavy atom. The summed E-state index contributed by atoms with van der Waals surface area (Å²) in [4.78, 5) is 12.0. The summed E-state index contributed by atoms with van der Waals surface area (Å²) in [5.41, 5.74) is 0.672. The maximum absolute atomic E-state index is 12.0. The summed E-state index contributed by atoms with van der Waals surface area (Å²) in [6.45, 7) is 6.14. The lowest BCUT2D eigenvalue weighted by atomic mass is 9.85. The van der Waals surface area contributed by atoms with Crippen LogP contribution in [0.25, 0.3) is 0 Å². The largest absolute Gasteiger partial charge is 0.508 e. The second kappa shape index (κ2) is 6.57. The molecule has 1 rings (SSSR count). The van der Waals surface area contributed by atoms with Crippen LogP contribution in [0.3, 0.4) is 0 Å². The smallest absolute Gasteiger partial charge is 0.224 e. The summed E-state index contributed by atoms with van der Waals surface area (Å²) in [5, 5.41) is 21.4. The standard InChI is InChI=1S/C15H23NO3/c1-15(2,3)13(7-8-17)16-14(19)10-11-5-4-6-12(18)9-11/h4-6,9,13,17-18H,7-8,10H2,1-3H3,(H,16,19). The van der Waals surface area contributed by atoms with E-state index < -0.39 is 0 Å². The number of amides is 1. The van der Waals surface area contributed by atoms with E-state index in [1.165, 1.54) is 0 Å². The highest BCUT2D eigenvalue weighted by Crippen LogP contribution is 2.21. The molecule has 0 aromatic heterocycles. The van der Waals surface area contributed by atoms with E-state index in [9.17, 15) is 9.90 Å². The first kappa shape index (κ1) is 15.5. The number of aliphatic hydroxyl groups is 1. The maximum Gasteiger partial charge on any atom is 0.224 e. The van der Waals surface area contributed by atoms with Crippen LogP contribution in [0.2, 0.25) is 0 Å². The summed E-state index contributed by atoms with van der Waals surface area (Å²) < 4.78 is 0. The van der Waals surface area contributed by atoms with Crippen LogP contribution in [-0.4, -0.2) is 28.8 Å². The molecule has 0 fully saturated rings. The predicted molar refractivity (Wildman–Crippen MR) is 74.9 cm³/mol. The van der Waals surface area contributed by atoms with Crippen molar-refractivity contribution in [3.63, 3.8) is 0 Å². The highest BCUT2D eigenvalue weighted by molar-refractivity contribution is 5.79. The first-order valence-corrected chi connectivity index (χ1v) is 6.51. The normalized spacial score (nSPS) is 13.1. The highest BCUT2D eigenvalue weighted by atomic mass is 16.3. The van der Waals surface area contributed by atoms with E-state index in [1.54, 1.807) is 24.3 Å². The number of rotatable bonds is 5. The fraction of sp³-hybridized carbons (Fsp3) is 0.533. The fourth-order valence-electron chi connectivity index (χ4n) is 1.95.